The van der Waals surface area contributed by atoms with E-state index in [2.05, 4.69) is 21.2 Å². The zero-order chi connectivity index (χ0) is 24.9. The summed E-state index contributed by atoms with van der Waals surface area (Å²) in [6.45, 7) is 4.91. The number of hydrogen-bond donors (Lipinski definition) is 0. The molecule has 0 N–H and O–H groups in total. The van der Waals surface area contributed by atoms with Crippen molar-refractivity contribution in [2.24, 2.45) is 4.99 Å². The monoisotopic (exact) mass is 469 g/mol. The molecule has 0 saturated heterocycles. The molecule has 6 heteroatoms. The second kappa shape index (κ2) is 19.8. The second-order valence-electron chi connectivity index (χ2n) is 8.72. The molecular formula is C28H43N3O3. The lowest BCUT2D eigenvalue weighted by atomic mass is 10.0. The Bertz CT molecular complexity index is 829. The minimum Gasteiger partial charge on any atom is -0.460 e. The van der Waals surface area contributed by atoms with Gasteiger partial charge in [0.05, 0.1) is 12.0 Å². The van der Waals surface area contributed by atoms with E-state index in [1.807, 2.05) is 24.5 Å². The fourth-order valence-electron chi connectivity index (χ4n) is 3.76. The van der Waals surface area contributed by atoms with Crippen LogP contribution in [0, 0.1) is 11.3 Å². The van der Waals surface area contributed by atoms with Crippen molar-refractivity contribution in [1.29, 1.82) is 5.26 Å². The van der Waals surface area contributed by atoms with Gasteiger partial charge in [0, 0.05) is 25.1 Å². The lowest BCUT2D eigenvalue weighted by molar-refractivity contribution is -0.151. The number of nitriles is 1. The minimum absolute atomic E-state index is 0.0818. The number of ether oxygens (including phenoxy) is 1. The Balaban J connectivity index is 2.20. The number of aryl methyl sites for hydroxylation is 1. The summed E-state index contributed by atoms with van der Waals surface area (Å²) in [5.41, 5.74) is -0.336. The zero-order valence-corrected chi connectivity index (χ0v) is 21.3. The Kier molecular flexibility index (Phi) is 17.1. The normalized spacial score (nSPS) is 11.1. The van der Waals surface area contributed by atoms with Gasteiger partial charge in [-0.2, -0.15) is 5.26 Å². The quantitative estimate of drug-likeness (QED) is 0.0770. The smallest absolute Gasteiger partial charge is 0.380 e. The van der Waals surface area contributed by atoms with E-state index in [1.165, 1.54) is 83.5 Å². The maximum atomic E-state index is 11.8. The fourth-order valence-corrected chi connectivity index (χ4v) is 3.76. The number of carbonyl (C=O) groups is 2. The summed E-state index contributed by atoms with van der Waals surface area (Å²) in [7, 11) is 0. The van der Waals surface area contributed by atoms with E-state index in [4.69, 9.17) is 5.26 Å². The molecule has 0 saturated carbocycles. The van der Waals surface area contributed by atoms with Crippen LogP contribution in [0.15, 0.2) is 41.3 Å². The number of pyridine rings is 1. The molecular weight excluding hydrogens is 426 g/mol. The minimum atomic E-state index is -1.04. The van der Waals surface area contributed by atoms with Crippen LogP contribution >= 0.6 is 0 Å². The van der Waals surface area contributed by atoms with Gasteiger partial charge in [-0.3, -0.25) is 9.79 Å². The number of ketones is 1. The van der Waals surface area contributed by atoms with Crippen molar-refractivity contribution < 1.29 is 14.3 Å². The van der Waals surface area contributed by atoms with Crippen LogP contribution < -0.4 is 5.36 Å². The third-order valence-electron chi connectivity index (χ3n) is 5.81. The third kappa shape index (κ3) is 13.8. The molecule has 1 aromatic rings. The summed E-state index contributed by atoms with van der Waals surface area (Å²) < 4.78 is 6.74. The van der Waals surface area contributed by atoms with Gasteiger partial charge >= 0.3 is 5.97 Å². The van der Waals surface area contributed by atoms with Crippen LogP contribution in [0.3, 0.4) is 0 Å². The average Bonchev–Trinajstić information content (AvgIpc) is 2.85. The summed E-state index contributed by atoms with van der Waals surface area (Å²) in [4.78, 5) is 27.4. The summed E-state index contributed by atoms with van der Waals surface area (Å²) in [6, 6.07) is 5.35. The standard InChI is InChI=1S/C28H43N3O3/c1-3-5-6-7-8-9-10-11-12-13-14-15-16-17-20-31-21-18-26(19-22-31)30-24-25(23-29)27(32)28(33)34-4-2/h18-19,21-22,24H,3-17,20H2,1-2H3/b25-24+. The Morgan fingerprint density at radius 1 is 0.882 bits per heavy atom. The molecule has 0 aliphatic carbocycles. The number of Topliss-reactive ketones (excluding diaryl/α,β-unsaturated/α-hetero) is 1. The van der Waals surface area contributed by atoms with E-state index in [0.29, 0.717) is 5.36 Å². The van der Waals surface area contributed by atoms with E-state index < -0.39 is 11.8 Å². The van der Waals surface area contributed by atoms with E-state index in [1.54, 1.807) is 13.0 Å². The first-order valence-electron chi connectivity index (χ1n) is 13.1. The molecule has 6 nitrogen and oxygen atoms in total. The van der Waals surface area contributed by atoms with Crippen LogP contribution in [0.25, 0.3) is 0 Å². The largest absolute Gasteiger partial charge is 0.460 e. The van der Waals surface area contributed by atoms with E-state index in [9.17, 15) is 9.59 Å². The summed E-state index contributed by atoms with van der Waals surface area (Å²) in [5, 5.41) is 9.69. The SMILES string of the molecule is CCCCCCCCCCCCCCCCn1ccc(=N/C=C(\C#N)C(=O)C(=O)OCC)cc1. The van der Waals surface area contributed by atoms with Crippen molar-refractivity contribution in [3.8, 4) is 6.07 Å². The lowest BCUT2D eigenvalue weighted by Gasteiger charge is -2.06. The molecule has 1 heterocycles. The average molecular weight is 470 g/mol. The van der Waals surface area contributed by atoms with Crippen LogP contribution in [0.4, 0.5) is 0 Å². The lowest BCUT2D eigenvalue weighted by Crippen LogP contribution is -2.18. The summed E-state index contributed by atoms with van der Waals surface area (Å²) >= 11 is 0. The first kappa shape index (κ1) is 29.4. The number of nitrogens with zero attached hydrogens (tertiary/aromatic N) is 3. The van der Waals surface area contributed by atoms with Gasteiger partial charge < -0.3 is 9.30 Å². The Labute approximate surface area is 205 Å². The number of unbranched alkanes of at least 4 members (excludes halogenated alkanes) is 13. The maximum absolute atomic E-state index is 11.8. The number of aromatic nitrogens is 1. The number of esters is 1. The Morgan fingerprint density at radius 3 is 1.85 bits per heavy atom. The molecule has 0 fully saturated rings. The van der Waals surface area contributed by atoms with Crippen LogP contribution in [-0.4, -0.2) is 22.9 Å². The van der Waals surface area contributed by atoms with Crippen molar-refractivity contribution >= 4 is 11.8 Å². The second-order valence-corrected chi connectivity index (χ2v) is 8.72. The highest BCUT2D eigenvalue weighted by Crippen LogP contribution is 2.13. The highest BCUT2D eigenvalue weighted by Gasteiger charge is 2.19. The van der Waals surface area contributed by atoms with Crippen molar-refractivity contribution in [2.75, 3.05) is 6.61 Å². The van der Waals surface area contributed by atoms with Crippen LogP contribution in [0.2, 0.25) is 0 Å². The van der Waals surface area contributed by atoms with Gasteiger partial charge in [0.1, 0.15) is 11.6 Å². The van der Waals surface area contributed by atoms with Gasteiger partial charge in [0.15, 0.2) is 0 Å². The molecule has 0 aliphatic rings. The van der Waals surface area contributed by atoms with Crippen LogP contribution in [0.1, 0.15) is 104 Å². The van der Waals surface area contributed by atoms with E-state index in [0.717, 1.165) is 19.2 Å². The molecule has 0 aliphatic heterocycles. The summed E-state index contributed by atoms with van der Waals surface area (Å²) in [5.74, 6) is -2.01. The van der Waals surface area contributed by atoms with E-state index >= 15 is 0 Å². The van der Waals surface area contributed by atoms with Gasteiger partial charge in [-0.15, -0.1) is 0 Å². The number of carbonyl (C=O) groups excluding carboxylic acids is 2. The van der Waals surface area contributed by atoms with Gasteiger partial charge in [-0.25, -0.2) is 4.79 Å². The molecule has 1 aromatic heterocycles. The van der Waals surface area contributed by atoms with Crippen molar-refractivity contribution in [3.05, 3.63) is 41.7 Å². The molecule has 188 valence electrons. The number of hydrogen-bond acceptors (Lipinski definition) is 5. The molecule has 0 bridgehead atoms. The van der Waals surface area contributed by atoms with Gasteiger partial charge in [-0.05, 0) is 25.5 Å². The summed E-state index contributed by atoms with van der Waals surface area (Å²) in [6.07, 6.45) is 23.9. The first-order valence-corrected chi connectivity index (χ1v) is 13.1. The highest BCUT2D eigenvalue weighted by molar-refractivity contribution is 6.41. The molecule has 0 amide bonds. The predicted octanol–water partition coefficient (Wildman–Crippen LogP) is 6.41. The van der Waals surface area contributed by atoms with Crippen molar-refractivity contribution in [1.82, 2.24) is 4.57 Å². The third-order valence-corrected chi connectivity index (χ3v) is 5.81. The zero-order valence-electron chi connectivity index (χ0n) is 21.3. The fraction of sp³-hybridized carbons (Fsp3) is 0.643. The van der Waals surface area contributed by atoms with E-state index in [-0.39, 0.29) is 12.2 Å². The molecule has 0 atom stereocenters. The van der Waals surface area contributed by atoms with Crippen molar-refractivity contribution in [3.63, 3.8) is 0 Å². The number of rotatable bonds is 19. The molecule has 0 unspecified atom stereocenters. The Hall–Kier alpha value is -2.68. The molecule has 0 aromatic carbocycles. The predicted molar refractivity (Wildman–Crippen MR) is 136 cm³/mol. The van der Waals surface area contributed by atoms with Gasteiger partial charge in [0.2, 0.25) is 0 Å². The van der Waals surface area contributed by atoms with Gasteiger partial charge in [0.25, 0.3) is 5.78 Å². The highest BCUT2D eigenvalue weighted by atomic mass is 16.5. The first-order chi connectivity index (χ1) is 16.6. The topological polar surface area (TPSA) is 84.5 Å². The van der Waals surface area contributed by atoms with Gasteiger partial charge in [-0.1, -0.05) is 90.4 Å². The molecule has 0 radical (unpaired) electrons. The molecule has 1 rings (SSSR count). The Morgan fingerprint density at radius 2 is 1.38 bits per heavy atom. The van der Waals surface area contributed by atoms with Crippen LogP contribution in [-0.2, 0) is 20.9 Å². The molecule has 34 heavy (non-hydrogen) atoms. The maximum Gasteiger partial charge on any atom is 0.380 e. The van der Waals surface area contributed by atoms with Crippen LogP contribution in [0.5, 0.6) is 0 Å². The molecule has 0 spiro atoms. The van der Waals surface area contributed by atoms with Crippen molar-refractivity contribution in [2.45, 2.75) is 110 Å².